The first-order valence-corrected chi connectivity index (χ1v) is 31.2. The Balaban J connectivity index is 0.000000480. The first-order chi connectivity index (χ1) is 43.5. The number of carbonyl (C=O) groups is 6. The van der Waals surface area contributed by atoms with E-state index in [1.807, 2.05) is 100 Å². The molecule has 0 bridgehead atoms. The Bertz CT molecular complexity index is 3910. The van der Waals surface area contributed by atoms with Gasteiger partial charge >= 0.3 is 53.4 Å². The van der Waals surface area contributed by atoms with Crippen molar-refractivity contribution in [1.29, 1.82) is 15.8 Å². The number of allylic oxidation sites excluding steroid dienone is 9. The number of aliphatic carboxylic acids is 3. The van der Waals surface area contributed by atoms with Crippen LogP contribution in [-0.2, 0) is 49.1 Å². The van der Waals surface area contributed by atoms with Gasteiger partial charge in [-0.25, -0.2) is 9.15 Å². The fourth-order valence-electron chi connectivity index (χ4n) is 10.7. The number of nitriles is 3. The number of carboxylic acids is 3. The van der Waals surface area contributed by atoms with E-state index in [1.54, 1.807) is 42.3 Å². The number of ether oxygens (including phenoxy) is 2. The number of hydrogen-bond acceptors (Lipinski definition) is 17. The molecule has 19 nitrogen and oxygen atoms in total. The van der Waals surface area contributed by atoms with E-state index in [2.05, 4.69) is 113 Å². The predicted octanol–water partition coefficient (Wildman–Crippen LogP) is 1.72. The van der Waals surface area contributed by atoms with Gasteiger partial charge in [-0.1, -0.05) is 130 Å². The first-order valence-electron chi connectivity index (χ1n) is 29.2. The van der Waals surface area contributed by atoms with Gasteiger partial charge in [0.15, 0.2) is 26.2 Å². The molecule has 5 aromatic carbocycles. The van der Waals surface area contributed by atoms with Crippen LogP contribution in [0.3, 0.4) is 0 Å². The molecule has 4 aliphatic rings. The van der Waals surface area contributed by atoms with Gasteiger partial charge in [-0.2, -0.15) is 15.8 Å². The number of anilines is 2. The zero-order chi connectivity index (χ0) is 66.7. The summed E-state index contributed by atoms with van der Waals surface area (Å²) in [6.07, 6.45) is 12.5. The average molecular weight is 1500 g/mol. The third kappa shape index (κ3) is 24.0. The standard InChI is InChI=1S/C29H29N3O4S.C28H25N3O2.C7H12NO2S.C4H6O3.C2H3N.BrH.HI.Na/c1-29(2)24(11-7-20(19-30)8-12-25-31(17-18-37-25)15-13-26(33)34)32(16-14-27(35)36)23-10-9-21-5-3-4-6-22(21)28(23)29;1-28(2)25(15-12-20(18-29)19-30-22-9-4-3-5-10-22)31(17-16-26(32)33)24-14-13-21-8-6-7-11-23(21)27(24)28;1-7-8(3-5-11-7)2-4-10-6-9;1-3(5)7-4(2)6;1-2-3;;;/h3-12H,13-18H2,1-2H3,(H-,33,34,35,36);3-15,19H,16-17H2,1-2H3,(H,32,33);6H,2-5H2,1H3;1-2H3;1H3;2*1H;/q;;+1;;;;;+1/p-2/b;20-12+,25-15+,30-19?;;;;;;. The van der Waals surface area contributed by atoms with Gasteiger partial charge in [-0.05, 0) is 87.3 Å². The number of para-hydroxylation sites is 1. The van der Waals surface area contributed by atoms with E-state index in [-0.39, 0.29) is 96.3 Å². The van der Waals surface area contributed by atoms with Crippen molar-refractivity contribution in [2.45, 2.75) is 85.5 Å². The molecular weight excluding hydrogens is 1420 g/mol. The second-order valence-corrected chi connectivity index (χ2v) is 24.0. The number of nitrogens with zero attached hydrogens (tertiary/aromatic N) is 8. The summed E-state index contributed by atoms with van der Waals surface area (Å²) in [4.78, 5) is 71.5. The normalized spacial score (nSPS) is 15.5. The van der Waals surface area contributed by atoms with Crippen molar-refractivity contribution in [1.82, 2.24) is 0 Å². The maximum absolute atomic E-state index is 11.4. The Morgan fingerprint density at radius 1 is 0.691 bits per heavy atom. The molecule has 0 atom stereocenters. The van der Waals surface area contributed by atoms with Crippen LogP contribution < -0.4 is 85.4 Å². The van der Waals surface area contributed by atoms with Crippen molar-refractivity contribution in [3.05, 3.63) is 173 Å². The van der Waals surface area contributed by atoms with E-state index in [0.29, 0.717) is 37.3 Å². The topological polar surface area (TPSA) is 281 Å². The zero-order valence-corrected chi connectivity index (χ0v) is 61.5. The van der Waals surface area contributed by atoms with Gasteiger partial charge in [-0.3, -0.25) is 29.0 Å². The molecule has 5 aromatic rings. The Morgan fingerprint density at radius 3 is 1.63 bits per heavy atom. The number of carboxylic acid groups (broad SMARTS) is 3. The van der Waals surface area contributed by atoms with Crippen LogP contribution >= 0.6 is 23.5 Å². The van der Waals surface area contributed by atoms with Crippen molar-refractivity contribution < 1.29 is 133 Å². The molecule has 2 N–H and O–H groups in total. The number of halogens is 2. The Morgan fingerprint density at radius 2 is 1.17 bits per heavy atom. The fourth-order valence-corrected chi connectivity index (χ4v) is 12.7. The van der Waals surface area contributed by atoms with Crippen LogP contribution in [0.25, 0.3) is 21.5 Å². The van der Waals surface area contributed by atoms with Gasteiger partial charge in [0.25, 0.3) is 6.47 Å². The summed E-state index contributed by atoms with van der Waals surface area (Å²) < 4.78 is 12.8. The predicted molar refractivity (Wildman–Crippen MR) is 356 cm³/mol. The Hall–Kier alpha value is -7.67. The zero-order valence-electron chi connectivity index (χ0n) is 54.1. The third-order valence-corrected chi connectivity index (χ3v) is 16.8. The summed E-state index contributed by atoms with van der Waals surface area (Å²) in [7, 11) is 0. The van der Waals surface area contributed by atoms with Gasteiger partial charge in [0.2, 0.25) is 10.1 Å². The van der Waals surface area contributed by atoms with Crippen molar-refractivity contribution in [2.24, 2.45) is 4.99 Å². The second kappa shape index (κ2) is 41.2. The number of fused-ring (bicyclic) bond motifs is 6. The third-order valence-electron chi connectivity index (χ3n) is 14.7. The second-order valence-electron chi connectivity index (χ2n) is 21.6. The number of hydrogen-bond donors (Lipinski definition) is 2. The van der Waals surface area contributed by atoms with Crippen molar-refractivity contribution in [3.8, 4) is 18.2 Å². The Kier molecular flexibility index (Phi) is 36.1. The van der Waals surface area contributed by atoms with Crippen molar-refractivity contribution >= 4 is 115 Å². The number of carbonyl (C=O) groups excluding carboxylic acids is 4. The molecule has 0 radical (unpaired) electrons. The summed E-state index contributed by atoms with van der Waals surface area (Å²) in [6, 6.07) is 40.2. The quantitative estimate of drug-likeness (QED) is 0.0114. The van der Waals surface area contributed by atoms with E-state index in [4.69, 9.17) is 10.4 Å². The summed E-state index contributed by atoms with van der Waals surface area (Å²) in [6.45, 7) is 19.2. The van der Waals surface area contributed by atoms with Crippen LogP contribution in [-0.4, -0.2) is 129 Å². The van der Waals surface area contributed by atoms with Crippen molar-refractivity contribution in [2.75, 3.05) is 67.2 Å². The minimum atomic E-state index is -1.09. The first kappa shape index (κ1) is 82.4. The molecular formula is C70H75BrIN8NaO11S2. The minimum absolute atomic E-state index is 0. The van der Waals surface area contributed by atoms with Crippen LogP contribution in [0, 0.1) is 34.0 Å². The molecule has 9 rings (SSSR count). The van der Waals surface area contributed by atoms with E-state index in [0.717, 1.165) is 97.3 Å². The molecule has 0 saturated carbocycles. The molecule has 4 heterocycles. The number of rotatable bonds is 19. The smallest absolute Gasteiger partial charge is 1.00 e. The molecule has 0 unspecified atom stereocenters. The van der Waals surface area contributed by atoms with Crippen LogP contribution in [0.2, 0.25) is 0 Å². The van der Waals surface area contributed by atoms with E-state index in [1.165, 1.54) is 25.8 Å². The van der Waals surface area contributed by atoms with Gasteiger partial charge in [-0.15, -0.1) is 0 Å². The Labute approximate surface area is 607 Å². The van der Waals surface area contributed by atoms with Gasteiger partial charge < -0.3 is 80.3 Å². The molecule has 0 spiro atoms. The minimum Gasteiger partial charge on any atom is -1.00 e. The molecule has 94 heavy (non-hydrogen) atoms. The molecule has 0 saturated heterocycles. The number of esters is 2. The fraction of sp³-hybridized carbons (Fsp3) is 0.314. The molecule has 0 aliphatic carbocycles. The number of aliphatic imine (C=N–C) groups is 1. The molecule has 24 heteroatoms. The van der Waals surface area contributed by atoms with Crippen LogP contribution in [0.5, 0.6) is 0 Å². The van der Waals surface area contributed by atoms with E-state index in [9.17, 15) is 49.5 Å². The number of benzene rings is 5. The van der Waals surface area contributed by atoms with E-state index >= 15 is 0 Å². The van der Waals surface area contributed by atoms with Gasteiger partial charge in [0, 0.05) is 99.1 Å². The molecule has 0 aromatic heterocycles. The number of thioether (sulfide) groups is 2. The molecule has 0 fully saturated rings. The maximum Gasteiger partial charge on any atom is 1.00 e. The van der Waals surface area contributed by atoms with E-state index < -0.39 is 40.7 Å². The monoisotopic (exact) mass is 1500 g/mol. The molecule has 488 valence electrons. The summed E-state index contributed by atoms with van der Waals surface area (Å²) in [5.41, 5.74) is 6.97. The maximum atomic E-state index is 11.4. The molecule has 4 aliphatic heterocycles. The summed E-state index contributed by atoms with van der Waals surface area (Å²) >= 11 is 3.51. The van der Waals surface area contributed by atoms with Crippen LogP contribution in [0.1, 0.15) is 85.8 Å². The van der Waals surface area contributed by atoms with Crippen molar-refractivity contribution in [3.63, 3.8) is 0 Å². The van der Waals surface area contributed by atoms with Crippen LogP contribution in [0.15, 0.2) is 167 Å². The summed E-state index contributed by atoms with van der Waals surface area (Å²) in [5.74, 6) is -1.86. The SMILES string of the molecule is CC#N.CC(=O)OC(C)=O.CC1(C)/C(=C\C=C(/C#N)C=Nc2ccccc2)N(CCC(=O)[O-])c2ccc3ccccc3c21.CC1(C)C(=CC=C(C#N)C=CC2=[N+](CCC(=O)O)CCS2)N(CCC(=O)O)c2ccc3ccccc3c21.CC1=[N+](CCOC=O)CCS1.[Br-].[I-].[Na+]. The van der Waals surface area contributed by atoms with Crippen LogP contribution in [0.4, 0.5) is 17.1 Å². The molecule has 0 amide bonds. The summed E-state index contributed by atoms with van der Waals surface area (Å²) in [5, 5.41) is 63.2. The average Bonchev–Trinajstić information content (AvgIpc) is 1.58. The largest absolute Gasteiger partial charge is 1.00 e. The van der Waals surface area contributed by atoms with Gasteiger partial charge in [0.1, 0.15) is 19.1 Å². The van der Waals surface area contributed by atoms with Gasteiger partial charge in [0.05, 0.1) is 46.9 Å².